The number of hydrogen-bond acceptors (Lipinski definition) is 4. The summed E-state index contributed by atoms with van der Waals surface area (Å²) in [6, 6.07) is 8.54. The van der Waals surface area contributed by atoms with E-state index in [-0.39, 0.29) is 23.7 Å². The Labute approximate surface area is 167 Å². The molecule has 3 fully saturated rings. The number of nitrogens with zero attached hydrogens (tertiary/aromatic N) is 2. The van der Waals surface area contributed by atoms with Crippen LogP contribution in [0.3, 0.4) is 0 Å². The SMILES string of the molecule is Cl.O=C(N1CCN(S(=O)(=O)c2ccccc2)CC1)[C@@]12CCCC[C@H]1CNC2. The van der Waals surface area contributed by atoms with Crippen molar-refractivity contribution < 1.29 is 13.2 Å². The highest BCUT2D eigenvalue weighted by Gasteiger charge is 2.51. The van der Waals surface area contributed by atoms with Gasteiger partial charge < -0.3 is 10.2 Å². The minimum atomic E-state index is -3.47. The summed E-state index contributed by atoms with van der Waals surface area (Å²) in [5, 5.41) is 3.43. The smallest absolute Gasteiger partial charge is 0.243 e. The fraction of sp³-hybridized carbons (Fsp3) is 0.632. The van der Waals surface area contributed by atoms with Crippen LogP contribution < -0.4 is 5.32 Å². The largest absolute Gasteiger partial charge is 0.340 e. The molecule has 1 aromatic carbocycles. The molecule has 4 rings (SSSR count). The van der Waals surface area contributed by atoms with Crippen LogP contribution in [0.1, 0.15) is 25.7 Å². The van der Waals surface area contributed by atoms with Gasteiger partial charge in [0.2, 0.25) is 15.9 Å². The molecule has 3 aliphatic rings. The van der Waals surface area contributed by atoms with Crippen molar-refractivity contribution in [3.63, 3.8) is 0 Å². The zero-order valence-corrected chi connectivity index (χ0v) is 17.1. The fourth-order valence-corrected chi connectivity index (χ4v) is 6.30. The Kier molecular flexibility index (Phi) is 6.15. The van der Waals surface area contributed by atoms with Crippen molar-refractivity contribution in [3.8, 4) is 0 Å². The predicted molar refractivity (Wildman–Crippen MR) is 106 cm³/mol. The highest BCUT2D eigenvalue weighted by atomic mass is 35.5. The lowest BCUT2D eigenvalue weighted by molar-refractivity contribution is -0.146. The first-order valence-corrected chi connectivity index (χ1v) is 11.0. The molecule has 1 aliphatic carbocycles. The summed E-state index contributed by atoms with van der Waals surface area (Å²) in [5.74, 6) is 0.679. The predicted octanol–water partition coefficient (Wildman–Crippen LogP) is 1.72. The number of nitrogens with one attached hydrogen (secondary N) is 1. The molecular weight excluding hydrogens is 386 g/mol. The van der Waals surface area contributed by atoms with Gasteiger partial charge in [-0.25, -0.2) is 8.42 Å². The first-order chi connectivity index (χ1) is 12.5. The third-order valence-electron chi connectivity index (χ3n) is 6.37. The van der Waals surface area contributed by atoms with Crippen molar-refractivity contribution in [2.75, 3.05) is 39.3 Å². The van der Waals surface area contributed by atoms with Gasteiger partial charge in [-0.2, -0.15) is 4.31 Å². The number of halogens is 1. The van der Waals surface area contributed by atoms with Crippen molar-refractivity contribution in [2.45, 2.75) is 30.6 Å². The van der Waals surface area contributed by atoms with Gasteiger partial charge in [-0.15, -0.1) is 12.4 Å². The van der Waals surface area contributed by atoms with E-state index in [9.17, 15) is 13.2 Å². The number of hydrogen-bond donors (Lipinski definition) is 1. The Morgan fingerprint density at radius 1 is 1.07 bits per heavy atom. The van der Waals surface area contributed by atoms with Crippen LogP contribution in [0.5, 0.6) is 0 Å². The number of sulfonamides is 1. The number of benzene rings is 1. The molecule has 0 bridgehead atoms. The van der Waals surface area contributed by atoms with Gasteiger partial charge >= 0.3 is 0 Å². The molecule has 150 valence electrons. The summed E-state index contributed by atoms with van der Waals surface area (Å²) < 4.78 is 27.0. The molecule has 8 heteroatoms. The second-order valence-corrected chi connectivity index (χ2v) is 9.68. The van der Waals surface area contributed by atoms with Gasteiger partial charge in [0.15, 0.2) is 0 Å². The minimum absolute atomic E-state index is 0. The third kappa shape index (κ3) is 3.62. The molecule has 1 aromatic rings. The second-order valence-electron chi connectivity index (χ2n) is 7.74. The summed E-state index contributed by atoms with van der Waals surface area (Å²) in [5.41, 5.74) is -0.251. The number of rotatable bonds is 3. The number of carbonyl (C=O) groups excluding carboxylic acids is 1. The molecule has 0 radical (unpaired) electrons. The third-order valence-corrected chi connectivity index (χ3v) is 8.28. The van der Waals surface area contributed by atoms with Crippen LogP contribution in [0.2, 0.25) is 0 Å². The van der Waals surface area contributed by atoms with E-state index >= 15 is 0 Å². The molecule has 0 aromatic heterocycles. The maximum absolute atomic E-state index is 13.3. The van der Waals surface area contributed by atoms with E-state index in [0.717, 1.165) is 32.4 Å². The van der Waals surface area contributed by atoms with Crippen molar-refractivity contribution in [3.05, 3.63) is 30.3 Å². The van der Waals surface area contributed by atoms with Gasteiger partial charge in [0.05, 0.1) is 10.3 Å². The molecule has 6 nitrogen and oxygen atoms in total. The number of piperazine rings is 1. The quantitative estimate of drug-likeness (QED) is 0.819. The molecular formula is C19H28ClN3O3S. The van der Waals surface area contributed by atoms with Crippen molar-refractivity contribution >= 4 is 28.3 Å². The van der Waals surface area contributed by atoms with Crippen LogP contribution in [-0.2, 0) is 14.8 Å². The summed E-state index contributed by atoms with van der Waals surface area (Å²) in [4.78, 5) is 15.5. The van der Waals surface area contributed by atoms with E-state index in [4.69, 9.17) is 0 Å². The highest BCUT2D eigenvalue weighted by Crippen LogP contribution is 2.45. The Bertz CT molecular complexity index is 766. The van der Waals surface area contributed by atoms with Crippen LogP contribution in [0.4, 0.5) is 0 Å². The number of carbonyl (C=O) groups is 1. The Balaban J connectivity index is 0.00000210. The van der Waals surface area contributed by atoms with E-state index in [2.05, 4.69) is 5.32 Å². The van der Waals surface area contributed by atoms with E-state index in [1.165, 1.54) is 10.7 Å². The lowest BCUT2D eigenvalue weighted by Crippen LogP contribution is -2.56. The minimum Gasteiger partial charge on any atom is -0.340 e. The fourth-order valence-electron chi connectivity index (χ4n) is 4.86. The Morgan fingerprint density at radius 3 is 2.48 bits per heavy atom. The average molecular weight is 414 g/mol. The molecule has 1 N–H and O–H groups in total. The Hall–Kier alpha value is -1.15. The van der Waals surface area contributed by atoms with E-state index in [0.29, 0.717) is 37.0 Å². The molecule has 2 aliphatic heterocycles. The summed E-state index contributed by atoms with van der Waals surface area (Å²) in [6.07, 6.45) is 4.42. The highest BCUT2D eigenvalue weighted by molar-refractivity contribution is 7.89. The zero-order valence-electron chi connectivity index (χ0n) is 15.5. The monoisotopic (exact) mass is 413 g/mol. The zero-order chi connectivity index (χ0) is 18.2. The lowest BCUT2D eigenvalue weighted by Gasteiger charge is -2.43. The topological polar surface area (TPSA) is 69.7 Å². The lowest BCUT2D eigenvalue weighted by atomic mass is 9.67. The second kappa shape index (κ2) is 8.07. The molecule has 2 saturated heterocycles. The van der Waals surface area contributed by atoms with Gasteiger partial charge in [-0.1, -0.05) is 31.0 Å². The first kappa shape index (κ1) is 20.6. The van der Waals surface area contributed by atoms with E-state index in [1.54, 1.807) is 24.3 Å². The molecule has 1 amide bonds. The van der Waals surface area contributed by atoms with Gasteiger partial charge in [0.1, 0.15) is 0 Å². The van der Waals surface area contributed by atoms with Gasteiger partial charge in [0.25, 0.3) is 0 Å². The average Bonchev–Trinajstić information content (AvgIpc) is 3.13. The number of fused-ring (bicyclic) bond motifs is 1. The van der Waals surface area contributed by atoms with Gasteiger partial charge in [0, 0.05) is 32.7 Å². The summed E-state index contributed by atoms with van der Waals surface area (Å²) in [7, 11) is -3.47. The molecule has 2 heterocycles. The van der Waals surface area contributed by atoms with Crippen LogP contribution in [0.15, 0.2) is 35.2 Å². The Morgan fingerprint density at radius 2 is 1.78 bits per heavy atom. The first-order valence-electron chi connectivity index (χ1n) is 9.59. The van der Waals surface area contributed by atoms with Crippen molar-refractivity contribution in [2.24, 2.45) is 11.3 Å². The molecule has 0 unspecified atom stereocenters. The van der Waals surface area contributed by atoms with Crippen molar-refractivity contribution in [1.29, 1.82) is 0 Å². The van der Waals surface area contributed by atoms with Crippen LogP contribution >= 0.6 is 12.4 Å². The van der Waals surface area contributed by atoms with Crippen molar-refractivity contribution in [1.82, 2.24) is 14.5 Å². The van der Waals surface area contributed by atoms with Gasteiger partial charge in [-0.05, 0) is 37.4 Å². The van der Waals surface area contributed by atoms with Crippen LogP contribution in [0.25, 0.3) is 0 Å². The normalized spacial score (nSPS) is 29.0. The maximum Gasteiger partial charge on any atom is 0.243 e. The molecule has 0 spiro atoms. The van der Waals surface area contributed by atoms with Crippen LogP contribution in [0, 0.1) is 11.3 Å². The molecule has 1 saturated carbocycles. The molecule has 27 heavy (non-hydrogen) atoms. The molecule has 2 atom stereocenters. The van der Waals surface area contributed by atoms with Crippen LogP contribution in [-0.4, -0.2) is 62.8 Å². The maximum atomic E-state index is 13.3. The summed E-state index contributed by atoms with van der Waals surface area (Å²) in [6.45, 7) is 3.43. The van der Waals surface area contributed by atoms with E-state index in [1.807, 2.05) is 11.0 Å². The standard InChI is InChI=1S/C19H27N3O3S.ClH/c23-18(19-9-5-4-6-16(19)14-20-15-19)21-10-12-22(13-11-21)26(24,25)17-7-2-1-3-8-17;/h1-3,7-8,16,20H,4-6,9-15H2;1H/t16-,19+;/m0./s1. The van der Waals surface area contributed by atoms with Gasteiger partial charge in [-0.3, -0.25) is 4.79 Å². The summed E-state index contributed by atoms with van der Waals surface area (Å²) >= 11 is 0. The number of amides is 1. The van der Waals surface area contributed by atoms with E-state index < -0.39 is 10.0 Å².